The average Bonchev–Trinajstić information content (AvgIpc) is 3.54. The number of aliphatic hydroxyl groups excluding tert-OH is 1. The summed E-state index contributed by atoms with van der Waals surface area (Å²) in [5, 5.41) is 23.8. The van der Waals surface area contributed by atoms with E-state index in [1.807, 2.05) is 13.8 Å². The summed E-state index contributed by atoms with van der Waals surface area (Å²) in [4.78, 5) is 13.0. The van der Waals surface area contributed by atoms with Gasteiger partial charge in [-0.2, -0.15) is 4.31 Å². The van der Waals surface area contributed by atoms with Gasteiger partial charge in [0.05, 0.1) is 43.3 Å². The molecule has 2 saturated heterocycles. The predicted octanol–water partition coefficient (Wildman–Crippen LogP) is 2.51. The Hall–Kier alpha value is -2.90. The van der Waals surface area contributed by atoms with E-state index < -0.39 is 34.4 Å². The lowest BCUT2D eigenvalue weighted by molar-refractivity contribution is -0.0907. The van der Waals surface area contributed by atoms with Gasteiger partial charge in [-0.3, -0.25) is 0 Å². The number of phenolic OH excluding ortho intramolecular Hbond substituents is 1. The highest BCUT2D eigenvalue weighted by Gasteiger charge is 2.44. The summed E-state index contributed by atoms with van der Waals surface area (Å²) >= 11 is 0. The Bertz CT molecular complexity index is 1220. The number of methoxy groups -OCH3 is 1. The number of rotatable bonds is 12. The molecule has 2 aliphatic heterocycles. The molecule has 2 aromatic carbocycles. The van der Waals surface area contributed by atoms with Crippen molar-refractivity contribution in [2.45, 2.75) is 56.1 Å². The molecule has 0 saturated carbocycles. The zero-order valence-corrected chi connectivity index (χ0v) is 23.7. The van der Waals surface area contributed by atoms with Gasteiger partial charge in [0.25, 0.3) is 0 Å². The summed E-state index contributed by atoms with van der Waals surface area (Å²) in [6.07, 6.45) is -2.00. The van der Waals surface area contributed by atoms with Crippen LogP contribution in [-0.4, -0.2) is 87.0 Å². The van der Waals surface area contributed by atoms with Crippen LogP contribution in [0.4, 0.5) is 4.79 Å². The summed E-state index contributed by atoms with van der Waals surface area (Å²) in [6, 6.07) is 11.5. The number of alkyl carbamates (subject to hydrolysis) is 1. The van der Waals surface area contributed by atoms with E-state index in [4.69, 9.17) is 18.9 Å². The Labute approximate surface area is 235 Å². The van der Waals surface area contributed by atoms with Gasteiger partial charge < -0.3 is 34.5 Å². The third-order valence-electron chi connectivity index (χ3n) is 7.06. The molecular weight excluding hydrogens is 540 g/mol. The van der Waals surface area contributed by atoms with Crippen LogP contribution < -0.4 is 10.1 Å². The number of aliphatic hydroxyl groups is 1. The van der Waals surface area contributed by atoms with Gasteiger partial charge in [-0.25, -0.2) is 13.2 Å². The summed E-state index contributed by atoms with van der Waals surface area (Å²) in [6.45, 7) is 4.42. The average molecular weight is 579 g/mol. The van der Waals surface area contributed by atoms with E-state index in [9.17, 15) is 23.4 Å². The van der Waals surface area contributed by atoms with Gasteiger partial charge in [-0.05, 0) is 60.7 Å². The maximum atomic E-state index is 13.6. The zero-order valence-electron chi connectivity index (χ0n) is 22.9. The molecule has 2 aromatic rings. The van der Waals surface area contributed by atoms with Crippen LogP contribution >= 0.6 is 0 Å². The molecule has 0 bridgehead atoms. The van der Waals surface area contributed by atoms with Gasteiger partial charge in [0, 0.05) is 13.1 Å². The van der Waals surface area contributed by atoms with Crippen LogP contribution in [0.15, 0.2) is 53.4 Å². The lowest BCUT2D eigenvalue weighted by Gasteiger charge is -2.31. The van der Waals surface area contributed by atoms with Gasteiger partial charge in [-0.1, -0.05) is 26.0 Å². The molecule has 12 heteroatoms. The van der Waals surface area contributed by atoms with Crippen LogP contribution in [0, 0.1) is 11.8 Å². The smallest absolute Gasteiger partial charge is 0.407 e. The molecule has 11 nitrogen and oxygen atoms in total. The van der Waals surface area contributed by atoms with Crippen LogP contribution in [-0.2, 0) is 30.7 Å². The van der Waals surface area contributed by atoms with Crippen molar-refractivity contribution in [3.63, 3.8) is 0 Å². The van der Waals surface area contributed by atoms with E-state index in [-0.39, 0.29) is 54.9 Å². The van der Waals surface area contributed by atoms with Crippen LogP contribution in [0.2, 0.25) is 0 Å². The first-order chi connectivity index (χ1) is 19.1. The molecule has 2 heterocycles. The Kier molecular flexibility index (Phi) is 9.90. The fraction of sp³-hybridized carbons (Fsp3) is 0.536. The molecule has 0 radical (unpaired) electrons. The van der Waals surface area contributed by atoms with Crippen molar-refractivity contribution < 1.29 is 42.4 Å². The number of nitrogens with one attached hydrogen (secondary N) is 1. The Morgan fingerprint density at radius 3 is 2.45 bits per heavy atom. The number of hydrogen-bond acceptors (Lipinski definition) is 9. The monoisotopic (exact) mass is 578 g/mol. The van der Waals surface area contributed by atoms with Crippen molar-refractivity contribution in [3.8, 4) is 11.5 Å². The predicted molar refractivity (Wildman–Crippen MR) is 145 cm³/mol. The second-order valence-corrected chi connectivity index (χ2v) is 12.5. The maximum absolute atomic E-state index is 13.6. The minimum atomic E-state index is -3.97. The number of sulfonamides is 1. The molecule has 5 atom stereocenters. The van der Waals surface area contributed by atoms with Crippen molar-refractivity contribution >= 4 is 16.1 Å². The second kappa shape index (κ2) is 13.2. The highest BCUT2D eigenvalue weighted by atomic mass is 32.2. The summed E-state index contributed by atoms with van der Waals surface area (Å²) < 4.78 is 50.2. The standard InChI is InChI=1S/C28H38N2O9S/c1-18(2)15-30(40(34,35)22-10-8-21(36-3)9-11-22)16-25(32)24(14-19-4-6-20(31)7-5-19)29-28(33)39-26-17-38-27-23(26)12-13-37-27/h4-11,18,23-27,31-32H,12-17H2,1-3H3,(H,29,33)/t23?,24?,25-,26+,27?/m1/s1. The summed E-state index contributed by atoms with van der Waals surface area (Å²) in [7, 11) is -2.48. The van der Waals surface area contributed by atoms with Crippen molar-refractivity contribution in [1.82, 2.24) is 9.62 Å². The first-order valence-corrected chi connectivity index (χ1v) is 14.8. The van der Waals surface area contributed by atoms with Crippen molar-refractivity contribution in [1.29, 1.82) is 0 Å². The van der Waals surface area contributed by atoms with E-state index in [2.05, 4.69) is 5.32 Å². The number of ether oxygens (including phenoxy) is 4. The molecule has 3 unspecified atom stereocenters. The van der Waals surface area contributed by atoms with E-state index in [1.54, 1.807) is 24.3 Å². The van der Waals surface area contributed by atoms with Crippen LogP contribution in [0.25, 0.3) is 0 Å². The fourth-order valence-electron chi connectivity index (χ4n) is 4.95. The highest BCUT2D eigenvalue weighted by molar-refractivity contribution is 7.89. The summed E-state index contributed by atoms with van der Waals surface area (Å²) in [5.74, 6) is 0.519. The second-order valence-electron chi connectivity index (χ2n) is 10.5. The van der Waals surface area contributed by atoms with Gasteiger partial charge in [0.15, 0.2) is 6.29 Å². The van der Waals surface area contributed by atoms with E-state index >= 15 is 0 Å². The molecule has 2 aliphatic rings. The number of phenols is 1. The molecule has 1 amide bonds. The van der Waals surface area contributed by atoms with E-state index in [0.717, 1.165) is 12.0 Å². The fourth-order valence-corrected chi connectivity index (χ4v) is 6.57. The van der Waals surface area contributed by atoms with Crippen LogP contribution in [0.1, 0.15) is 25.8 Å². The van der Waals surface area contributed by atoms with Crippen molar-refractivity contribution in [3.05, 3.63) is 54.1 Å². The van der Waals surface area contributed by atoms with Crippen molar-refractivity contribution in [2.24, 2.45) is 11.8 Å². The highest BCUT2D eigenvalue weighted by Crippen LogP contribution is 2.33. The Morgan fingerprint density at radius 2 is 1.80 bits per heavy atom. The third-order valence-corrected chi connectivity index (χ3v) is 8.91. The number of hydrogen-bond donors (Lipinski definition) is 3. The largest absolute Gasteiger partial charge is 0.508 e. The Morgan fingerprint density at radius 1 is 1.10 bits per heavy atom. The topological polar surface area (TPSA) is 144 Å². The number of carbonyl (C=O) groups excluding carboxylic acids is 1. The molecule has 220 valence electrons. The molecule has 0 aromatic heterocycles. The Balaban J connectivity index is 1.52. The number of nitrogens with zero attached hydrogens (tertiary/aromatic N) is 1. The quantitative estimate of drug-likeness (QED) is 0.346. The summed E-state index contributed by atoms with van der Waals surface area (Å²) in [5.41, 5.74) is 0.726. The zero-order chi connectivity index (χ0) is 28.9. The SMILES string of the molecule is COc1ccc(S(=O)(=O)N(CC(C)C)C[C@@H](O)C(Cc2ccc(O)cc2)NC(=O)O[C@H]2COC3OCCC32)cc1. The molecule has 2 fully saturated rings. The van der Waals surface area contributed by atoms with E-state index in [0.29, 0.717) is 12.4 Å². The number of fused-ring (bicyclic) bond motifs is 1. The molecule has 0 spiro atoms. The first-order valence-electron chi connectivity index (χ1n) is 13.4. The van der Waals surface area contributed by atoms with Crippen molar-refractivity contribution in [2.75, 3.05) is 33.4 Å². The minimum Gasteiger partial charge on any atom is -0.508 e. The normalized spacial score (nSPS) is 22.2. The van der Waals surface area contributed by atoms with Gasteiger partial charge in [0.2, 0.25) is 10.0 Å². The third kappa shape index (κ3) is 7.43. The lowest BCUT2D eigenvalue weighted by atomic mass is 10.0. The number of carbonyl (C=O) groups is 1. The molecular formula is C28H38N2O9S. The van der Waals surface area contributed by atoms with Gasteiger partial charge in [-0.15, -0.1) is 0 Å². The minimum absolute atomic E-state index is 0.0300. The molecule has 3 N–H and O–H groups in total. The molecule has 40 heavy (non-hydrogen) atoms. The van der Waals surface area contributed by atoms with E-state index in [1.165, 1.54) is 35.7 Å². The lowest BCUT2D eigenvalue weighted by Crippen LogP contribution is -2.51. The molecule has 4 rings (SSSR count). The molecule has 0 aliphatic carbocycles. The first kappa shape index (κ1) is 30.1. The number of aromatic hydroxyl groups is 1. The van der Waals surface area contributed by atoms with Gasteiger partial charge >= 0.3 is 6.09 Å². The van der Waals surface area contributed by atoms with Crippen LogP contribution in [0.3, 0.4) is 0 Å². The number of amides is 1. The van der Waals surface area contributed by atoms with Gasteiger partial charge in [0.1, 0.15) is 17.6 Å². The van der Waals surface area contributed by atoms with Crippen LogP contribution in [0.5, 0.6) is 11.5 Å². The number of benzene rings is 2. The maximum Gasteiger partial charge on any atom is 0.407 e.